The second-order valence-corrected chi connectivity index (χ2v) is 7.25. The van der Waals surface area contributed by atoms with E-state index in [9.17, 15) is 14.4 Å². The van der Waals surface area contributed by atoms with Gasteiger partial charge in [0.05, 0.1) is 0 Å². The highest BCUT2D eigenvalue weighted by atomic mass is 16.2. The van der Waals surface area contributed by atoms with Crippen molar-refractivity contribution in [2.45, 2.75) is 6.92 Å². The zero-order chi connectivity index (χ0) is 21.8. The van der Waals surface area contributed by atoms with Gasteiger partial charge < -0.3 is 10.6 Å². The molecule has 0 saturated carbocycles. The number of anilines is 1. The molecule has 4 amide bonds. The van der Waals surface area contributed by atoms with Gasteiger partial charge in [0, 0.05) is 11.1 Å². The van der Waals surface area contributed by atoms with Gasteiger partial charge in [-0.1, -0.05) is 72.8 Å². The quantitative estimate of drug-likeness (QED) is 0.485. The fraction of sp³-hybridized carbons (Fsp3) is 0.0800. The number of carbonyl (C=O) groups is 3. The van der Waals surface area contributed by atoms with Gasteiger partial charge in [-0.3, -0.25) is 9.59 Å². The Morgan fingerprint density at radius 3 is 2.48 bits per heavy atom. The zero-order valence-corrected chi connectivity index (χ0v) is 17.0. The molecule has 0 aliphatic carbocycles. The summed E-state index contributed by atoms with van der Waals surface area (Å²) >= 11 is 0. The Labute approximate surface area is 179 Å². The van der Waals surface area contributed by atoms with Gasteiger partial charge in [0.2, 0.25) is 5.91 Å². The van der Waals surface area contributed by atoms with Gasteiger partial charge in [-0.15, -0.1) is 0 Å². The number of nitrogens with zero attached hydrogens (tertiary/aromatic N) is 1. The molecule has 1 saturated heterocycles. The number of allylic oxidation sites excluding steroid dienone is 2. The van der Waals surface area contributed by atoms with Crippen LogP contribution in [-0.4, -0.2) is 29.3 Å². The van der Waals surface area contributed by atoms with Crippen molar-refractivity contribution in [3.05, 3.63) is 95.7 Å². The summed E-state index contributed by atoms with van der Waals surface area (Å²) in [6.45, 7) is 1.47. The molecule has 1 aliphatic rings. The number of carbonyl (C=O) groups excluding carboxylic acids is 3. The highest BCUT2D eigenvalue weighted by Crippen LogP contribution is 2.23. The molecule has 154 valence electrons. The summed E-state index contributed by atoms with van der Waals surface area (Å²) in [6.07, 6.45) is 3.51. The molecule has 3 aromatic rings. The van der Waals surface area contributed by atoms with Crippen LogP contribution in [0.15, 0.2) is 90.1 Å². The zero-order valence-electron chi connectivity index (χ0n) is 17.0. The summed E-state index contributed by atoms with van der Waals surface area (Å²) in [7, 11) is 0. The molecule has 0 radical (unpaired) electrons. The number of imide groups is 1. The van der Waals surface area contributed by atoms with Crippen LogP contribution in [0.5, 0.6) is 0 Å². The third-order valence-corrected chi connectivity index (χ3v) is 4.89. The van der Waals surface area contributed by atoms with Crippen LogP contribution in [0.2, 0.25) is 0 Å². The molecule has 3 aromatic carbocycles. The van der Waals surface area contributed by atoms with E-state index in [0.29, 0.717) is 5.69 Å². The van der Waals surface area contributed by atoms with Crippen LogP contribution >= 0.6 is 0 Å². The molecule has 0 aromatic heterocycles. The number of hydrogen-bond acceptors (Lipinski definition) is 3. The first-order valence-corrected chi connectivity index (χ1v) is 9.87. The van der Waals surface area contributed by atoms with Crippen LogP contribution in [0, 0.1) is 0 Å². The molecule has 31 heavy (non-hydrogen) atoms. The van der Waals surface area contributed by atoms with Gasteiger partial charge >= 0.3 is 6.03 Å². The maximum atomic E-state index is 12.7. The van der Waals surface area contributed by atoms with E-state index in [0.717, 1.165) is 26.8 Å². The number of urea groups is 1. The van der Waals surface area contributed by atoms with Gasteiger partial charge in [-0.25, -0.2) is 9.69 Å². The Bertz CT molecular complexity index is 1220. The van der Waals surface area contributed by atoms with Crippen LogP contribution < -0.4 is 10.6 Å². The molecule has 0 spiro atoms. The van der Waals surface area contributed by atoms with Crippen molar-refractivity contribution in [2.75, 3.05) is 11.9 Å². The number of rotatable bonds is 5. The molecule has 4 rings (SSSR count). The minimum atomic E-state index is -0.614. The van der Waals surface area contributed by atoms with Gasteiger partial charge in [0.1, 0.15) is 12.2 Å². The average Bonchev–Trinajstić information content (AvgIpc) is 3.02. The molecule has 6 nitrogen and oxygen atoms in total. The third-order valence-electron chi connectivity index (χ3n) is 4.89. The lowest BCUT2D eigenvalue weighted by molar-refractivity contribution is -0.127. The Hall–Kier alpha value is -4.19. The van der Waals surface area contributed by atoms with Crippen molar-refractivity contribution in [3.8, 4) is 0 Å². The lowest BCUT2D eigenvalue weighted by Gasteiger charge is -2.13. The number of hydrogen-bond donors (Lipinski definition) is 2. The Morgan fingerprint density at radius 2 is 1.68 bits per heavy atom. The molecule has 1 heterocycles. The highest BCUT2D eigenvalue weighted by molar-refractivity contribution is 6.14. The summed E-state index contributed by atoms with van der Waals surface area (Å²) in [5, 5.41) is 7.22. The number of fused-ring (bicyclic) bond motifs is 1. The van der Waals surface area contributed by atoms with E-state index in [1.165, 1.54) is 0 Å². The predicted octanol–water partition coefficient (Wildman–Crippen LogP) is 4.32. The van der Waals surface area contributed by atoms with E-state index < -0.39 is 17.8 Å². The largest absolute Gasteiger partial charge is 0.329 e. The second kappa shape index (κ2) is 8.67. The van der Waals surface area contributed by atoms with Crippen LogP contribution in [0.3, 0.4) is 0 Å². The minimum Gasteiger partial charge on any atom is -0.324 e. The van der Waals surface area contributed by atoms with Crippen LogP contribution in [0.25, 0.3) is 16.8 Å². The first-order valence-electron chi connectivity index (χ1n) is 9.87. The van der Waals surface area contributed by atoms with E-state index in [-0.39, 0.29) is 12.2 Å². The fourth-order valence-corrected chi connectivity index (χ4v) is 3.46. The van der Waals surface area contributed by atoms with Crippen molar-refractivity contribution < 1.29 is 14.4 Å². The lowest BCUT2D eigenvalue weighted by atomic mass is 10.1. The average molecular weight is 411 g/mol. The van der Waals surface area contributed by atoms with E-state index in [1.807, 2.05) is 79.7 Å². The minimum absolute atomic E-state index is 0.146. The predicted molar refractivity (Wildman–Crippen MR) is 121 cm³/mol. The van der Waals surface area contributed by atoms with E-state index in [1.54, 1.807) is 12.1 Å². The van der Waals surface area contributed by atoms with Crippen LogP contribution in [-0.2, 0) is 9.59 Å². The van der Waals surface area contributed by atoms with Crippen molar-refractivity contribution >= 4 is 40.4 Å². The maximum Gasteiger partial charge on any atom is 0.329 e. The van der Waals surface area contributed by atoms with E-state index >= 15 is 0 Å². The SMILES string of the molecule is CC(/C=C1\NC(=O)N(CC(=O)Nc2cccc3ccccc23)C1=O)=C\c1ccccc1. The third kappa shape index (κ3) is 4.53. The van der Waals surface area contributed by atoms with Crippen LogP contribution in [0.4, 0.5) is 10.5 Å². The van der Waals surface area contributed by atoms with Crippen molar-refractivity contribution in [1.82, 2.24) is 10.2 Å². The van der Waals surface area contributed by atoms with Crippen molar-refractivity contribution in [1.29, 1.82) is 0 Å². The lowest BCUT2D eigenvalue weighted by Crippen LogP contribution is -2.38. The number of amides is 4. The van der Waals surface area contributed by atoms with Crippen LogP contribution in [0.1, 0.15) is 12.5 Å². The molecule has 0 bridgehead atoms. The highest BCUT2D eigenvalue weighted by Gasteiger charge is 2.34. The molecular formula is C25H21N3O3. The fourth-order valence-electron chi connectivity index (χ4n) is 3.46. The Morgan fingerprint density at radius 1 is 0.968 bits per heavy atom. The first-order chi connectivity index (χ1) is 15.0. The summed E-state index contributed by atoms with van der Waals surface area (Å²) in [4.78, 5) is 38.4. The normalized spacial score (nSPS) is 15.5. The second-order valence-electron chi connectivity index (χ2n) is 7.25. The Balaban J connectivity index is 1.46. The molecule has 1 aliphatic heterocycles. The molecule has 1 fully saturated rings. The van der Waals surface area contributed by atoms with Gasteiger partial charge in [-0.2, -0.15) is 0 Å². The van der Waals surface area contributed by atoms with E-state index in [2.05, 4.69) is 10.6 Å². The smallest absolute Gasteiger partial charge is 0.324 e. The van der Waals surface area contributed by atoms with Crippen molar-refractivity contribution in [3.63, 3.8) is 0 Å². The summed E-state index contributed by atoms with van der Waals surface area (Å²) in [6, 6.07) is 22.3. The van der Waals surface area contributed by atoms with Crippen molar-refractivity contribution in [2.24, 2.45) is 0 Å². The molecule has 2 N–H and O–H groups in total. The molecule has 0 atom stereocenters. The summed E-state index contributed by atoms with van der Waals surface area (Å²) < 4.78 is 0. The number of benzene rings is 3. The molecular weight excluding hydrogens is 390 g/mol. The topological polar surface area (TPSA) is 78.5 Å². The van der Waals surface area contributed by atoms with Gasteiger partial charge in [0.25, 0.3) is 5.91 Å². The van der Waals surface area contributed by atoms with Gasteiger partial charge in [0.15, 0.2) is 0 Å². The molecule has 6 heteroatoms. The number of nitrogens with one attached hydrogen (secondary N) is 2. The van der Waals surface area contributed by atoms with Gasteiger partial charge in [-0.05, 0) is 35.6 Å². The first kappa shape index (κ1) is 20.1. The Kier molecular flexibility index (Phi) is 5.62. The summed E-state index contributed by atoms with van der Waals surface area (Å²) in [5.74, 6) is -0.975. The maximum absolute atomic E-state index is 12.7. The standard InChI is InChI=1S/C25H21N3O3/c1-17(14-18-8-3-2-4-9-18)15-22-24(30)28(25(31)27-22)16-23(29)26-21-13-7-11-19-10-5-6-12-20(19)21/h2-15H,16H2,1H3,(H,26,29)(H,27,31)/b17-14+,22-15-. The monoisotopic (exact) mass is 411 g/mol. The van der Waals surface area contributed by atoms with E-state index in [4.69, 9.17) is 0 Å². The molecule has 0 unspecified atom stereocenters. The summed E-state index contributed by atoms with van der Waals surface area (Å²) in [5.41, 5.74) is 2.57.